The molecule has 0 aliphatic rings. The molecule has 0 bridgehead atoms. The van der Waals surface area contributed by atoms with E-state index in [4.69, 9.17) is 10.8 Å². The molecular formula is C11H14N4O2. The van der Waals surface area contributed by atoms with Crippen molar-refractivity contribution in [1.29, 1.82) is 0 Å². The lowest BCUT2D eigenvalue weighted by Gasteiger charge is -2.08. The number of nitrogens with zero attached hydrogens (tertiary/aromatic N) is 2. The number of carbonyl (C=O) groups is 1. The van der Waals surface area contributed by atoms with Gasteiger partial charge in [0.25, 0.3) is 0 Å². The van der Waals surface area contributed by atoms with Crippen LogP contribution in [0.4, 0.5) is 5.69 Å². The van der Waals surface area contributed by atoms with Gasteiger partial charge in [-0.05, 0) is 26.1 Å². The third-order valence-corrected chi connectivity index (χ3v) is 2.72. The number of nitrogen functional groups attached to an aromatic ring is 1. The number of carboxylic acid groups (broad SMARTS) is 1. The zero-order chi connectivity index (χ0) is 12.6. The molecule has 17 heavy (non-hydrogen) atoms. The Morgan fingerprint density at radius 3 is 2.94 bits per heavy atom. The molecule has 0 aromatic carbocycles. The number of aromatic carboxylic acids is 1. The highest BCUT2D eigenvalue weighted by atomic mass is 16.4. The van der Waals surface area contributed by atoms with Crippen molar-refractivity contribution < 1.29 is 9.90 Å². The first-order valence-corrected chi connectivity index (χ1v) is 5.22. The lowest BCUT2D eigenvalue weighted by Crippen LogP contribution is -2.15. The van der Waals surface area contributed by atoms with Crippen LogP contribution in [-0.4, -0.2) is 27.5 Å². The van der Waals surface area contributed by atoms with Crippen LogP contribution in [0.25, 0.3) is 5.52 Å². The van der Waals surface area contributed by atoms with Crippen molar-refractivity contribution in [2.45, 2.75) is 13.0 Å². The topological polar surface area (TPSA) is 92.6 Å². The minimum atomic E-state index is -1.05. The van der Waals surface area contributed by atoms with Gasteiger partial charge in [-0.15, -0.1) is 0 Å². The van der Waals surface area contributed by atoms with Crippen molar-refractivity contribution in [1.82, 2.24) is 14.7 Å². The van der Waals surface area contributed by atoms with Crippen LogP contribution >= 0.6 is 0 Å². The first-order valence-electron chi connectivity index (χ1n) is 5.22. The number of fused-ring (bicyclic) bond motifs is 1. The smallest absolute Gasteiger partial charge is 0.356 e. The summed E-state index contributed by atoms with van der Waals surface area (Å²) < 4.78 is 1.74. The molecular weight excluding hydrogens is 220 g/mol. The van der Waals surface area contributed by atoms with E-state index in [2.05, 4.69) is 10.3 Å². The molecule has 6 heteroatoms. The van der Waals surface area contributed by atoms with E-state index in [0.717, 1.165) is 0 Å². The molecule has 0 amide bonds. The summed E-state index contributed by atoms with van der Waals surface area (Å²) in [5, 5.41) is 12.1. The average Bonchev–Trinajstić information content (AvgIpc) is 2.66. The van der Waals surface area contributed by atoms with Gasteiger partial charge < -0.3 is 20.6 Å². The van der Waals surface area contributed by atoms with Gasteiger partial charge in [0, 0.05) is 11.9 Å². The number of carboxylic acids is 1. The van der Waals surface area contributed by atoms with Crippen molar-refractivity contribution in [3.8, 4) is 0 Å². The van der Waals surface area contributed by atoms with Crippen LogP contribution in [0, 0.1) is 0 Å². The molecule has 0 spiro atoms. The molecule has 6 nitrogen and oxygen atoms in total. The van der Waals surface area contributed by atoms with Gasteiger partial charge in [0.05, 0.1) is 11.6 Å². The first kappa shape index (κ1) is 11.4. The molecule has 1 unspecified atom stereocenters. The quantitative estimate of drug-likeness (QED) is 0.733. The van der Waals surface area contributed by atoms with E-state index >= 15 is 0 Å². The molecule has 0 saturated heterocycles. The highest BCUT2D eigenvalue weighted by molar-refractivity contribution is 5.94. The molecule has 0 saturated carbocycles. The summed E-state index contributed by atoms with van der Waals surface area (Å²) in [5.41, 5.74) is 6.71. The summed E-state index contributed by atoms with van der Waals surface area (Å²) in [7, 11) is 1.80. The number of nitrogens with two attached hydrogens (primary N) is 1. The van der Waals surface area contributed by atoms with E-state index in [1.54, 1.807) is 29.8 Å². The monoisotopic (exact) mass is 234 g/mol. The molecule has 2 aromatic heterocycles. The number of hydrogen-bond acceptors (Lipinski definition) is 4. The van der Waals surface area contributed by atoms with E-state index in [1.807, 2.05) is 6.92 Å². The second-order valence-electron chi connectivity index (χ2n) is 3.85. The van der Waals surface area contributed by atoms with Gasteiger partial charge in [0.1, 0.15) is 5.82 Å². The number of nitrogens with one attached hydrogen (secondary N) is 1. The minimum absolute atomic E-state index is 0.0226. The second kappa shape index (κ2) is 4.06. The van der Waals surface area contributed by atoms with Gasteiger partial charge in [0.15, 0.2) is 5.69 Å². The van der Waals surface area contributed by atoms with E-state index < -0.39 is 5.97 Å². The maximum absolute atomic E-state index is 11.1. The van der Waals surface area contributed by atoms with Crippen molar-refractivity contribution in [2.75, 3.05) is 12.8 Å². The van der Waals surface area contributed by atoms with E-state index in [9.17, 15) is 4.79 Å². The maximum atomic E-state index is 11.1. The third kappa shape index (κ3) is 1.83. The lowest BCUT2D eigenvalue weighted by molar-refractivity contribution is 0.0693. The molecule has 90 valence electrons. The minimum Gasteiger partial charge on any atom is -0.476 e. The van der Waals surface area contributed by atoms with Gasteiger partial charge >= 0.3 is 5.97 Å². The highest BCUT2D eigenvalue weighted by Gasteiger charge is 2.19. The first-order chi connectivity index (χ1) is 8.04. The second-order valence-corrected chi connectivity index (χ2v) is 3.85. The molecule has 0 aliphatic carbocycles. The van der Waals surface area contributed by atoms with Crippen LogP contribution in [0.3, 0.4) is 0 Å². The molecule has 0 aliphatic heterocycles. The maximum Gasteiger partial charge on any atom is 0.356 e. The Morgan fingerprint density at radius 1 is 1.65 bits per heavy atom. The van der Waals surface area contributed by atoms with Gasteiger partial charge in [-0.1, -0.05) is 0 Å². The summed E-state index contributed by atoms with van der Waals surface area (Å²) in [4.78, 5) is 15.3. The van der Waals surface area contributed by atoms with Gasteiger partial charge in [-0.2, -0.15) is 0 Å². The summed E-state index contributed by atoms with van der Waals surface area (Å²) in [6.07, 6.45) is 1.73. The number of rotatable bonds is 3. The number of anilines is 1. The predicted molar refractivity (Wildman–Crippen MR) is 64.0 cm³/mol. The molecule has 0 radical (unpaired) electrons. The van der Waals surface area contributed by atoms with Crippen LogP contribution in [0.5, 0.6) is 0 Å². The molecule has 2 heterocycles. The van der Waals surface area contributed by atoms with Crippen LogP contribution in [0.15, 0.2) is 18.3 Å². The van der Waals surface area contributed by atoms with Gasteiger partial charge in [-0.25, -0.2) is 9.78 Å². The number of pyridine rings is 1. The van der Waals surface area contributed by atoms with Crippen LogP contribution in [-0.2, 0) is 0 Å². The standard InChI is InChI=1S/C11H14N4O2/c1-6(13-2)10-14-9(11(16)17)8-5-7(12)3-4-15(8)10/h3-6,13H,12H2,1-2H3,(H,16,17). The Balaban J connectivity index is 2.75. The average molecular weight is 234 g/mol. The van der Waals surface area contributed by atoms with Gasteiger partial charge in [-0.3, -0.25) is 0 Å². The predicted octanol–water partition coefficient (Wildman–Crippen LogP) is 0.895. The molecule has 4 N–H and O–H groups in total. The van der Waals surface area contributed by atoms with E-state index in [1.165, 1.54) is 0 Å². The van der Waals surface area contributed by atoms with Gasteiger partial charge in [0.2, 0.25) is 0 Å². The lowest BCUT2D eigenvalue weighted by atomic mass is 10.3. The summed E-state index contributed by atoms with van der Waals surface area (Å²) in [5.74, 6) is -0.400. The fraction of sp³-hybridized carbons (Fsp3) is 0.273. The zero-order valence-corrected chi connectivity index (χ0v) is 9.64. The summed E-state index contributed by atoms with van der Waals surface area (Å²) >= 11 is 0. The molecule has 0 fully saturated rings. The Labute approximate surface area is 98.1 Å². The Kier molecular flexibility index (Phi) is 2.72. The fourth-order valence-electron chi connectivity index (χ4n) is 1.72. The number of aromatic nitrogens is 2. The summed E-state index contributed by atoms with van der Waals surface area (Å²) in [6, 6.07) is 3.29. The highest BCUT2D eigenvalue weighted by Crippen LogP contribution is 2.20. The van der Waals surface area contributed by atoms with Crippen LogP contribution < -0.4 is 11.1 Å². The summed E-state index contributed by atoms with van der Waals surface area (Å²) in [6.45, 7) is 1.91. The van der Waals surface area contributed by atoms with Crippen molar-refractivity contribution in [3.05, 3.63) is 29.8 Å². The largest absolute Gasteiger partial charge is 0.476 e. The van der Waals surface area contributed by atoms with Crippen molar-refractivity contribution in [2.24, 2.45) is 0 Å². The normalized spacial score (nSPS) is 12.8. The van der Waals surface area contributed by atoms with E-state index in [-0.39, 0.29) is 11.7 Å². The SMILES string of the molecule is CNC(C)c1nc(C(=O)O)c2cc(N)ccn12. The molecule has 1 atom stereocenters. The Bertz CT molecular complexity index is 576. The fourth-order valence-corrected chi connectivity index (χ4v) is 1.72. The zero-order valence-electron chi connectivity index (χ0n) is 9.64. The Hall–Kier alpha value is -2.08. The number of imidazole rings is 1. The Morgan fingerprint density at radius 2 is 2.35 bits per heavy atom. The van der Waals surface area contributed by atoms with Crippen molar-refractivity contribution >= 4 is 17.2 Å². The van der Waals surface area contributed by atoms with Crippen LogP contribution in [0.2, 0.25) is 0 Å². The van der Waals surface area contributed by atoms with Crippen molar-refractivity contribution in [3.63, 3.8) is 0 Å². The molecule has 2 rings (SSSR count). The number of hydrogen-bond donors (Lipinski definition) is 3. The van der Waals surface area contributed by atoms with Crippen LogP contribution in [0.1, 0.15) is 29.3 Å². The molecule has 2 aromatic rings. The van der Waals surface area contributed by atoms with E-state index in [0.29, 0.717) is 17.0 Å². The third-order valence-electron chi connectivity index (χ3n) is 2.72.